The lowest BCUT2D eigenvalue weighted by Crippen LogP contribution is -2.67. The van der Waals surface area contributed by atoms with E-state index < -0.39 is 17.2 Å². The van der Waals surface area contributed by atoms with Gasteiger partial charge in [-0.15, -0.1) is 0 Å². The van der Waals surface area contributed by atoms with E-state index >= 15 is 0 Å². The van der Waals surface area contributed by atoms with Gasteiger partial charge in [-0.2, -0.15) is 23.3 Å². The lowest BCUT2D eigenvalue weighted by Gasteiger charge is -2.53. The fourth-order valence-corrected chi connectivity index (χ4v) is 6.22. The number of hydrogen-bond acceptors (Lipinski definition) is 5. The van der Waals surface area contributed by atoms with Gasteiger partial charge in [0.1, 0.15) is 11.2 Å². The van der Waals surface area contributed by atoms with Gasteiger partial charge in [0.2, 0.25) is 0 Å². The Morgan fingerprint density at radius 3 is 2.36 bits per heavy atom. The number of nitrogens with zero attached hydrogens (tertiary/aromatic N) is 4. The van der Waals surface area contributed by atoms with Gasteiger partial charge in [0, 0.05) is 36.0 Å². The van der Waals surface area contributed by atoms with Gasteiger partial charge >= 0.3 is 6.18 Å². The molecule has 1 fully saturated rings. The molecule has 1 spiro atoms. The number of fused-ring (bicyclic) bond motifs is 4. The normalized spacial score (nSPS) is 22.6. The van der Waals surface area contributed by atoms with Crippen molar-refractivity contribution < 1.29 is 22.7 Å². The van der Waals surface area contributed by atoms with Crippen LogP contribution in [0.4, 0.5) is 30.2 Å². The second-order valence-corrected chi connectivity index (χ2v) is 10.6. The number of rotatable bonds is 3. The van der Waals surface area contributed by atoms with Crippen LogP contribution < -0.4 is 19.5 Å². The van der Waals surface area contributed by atoms with Crippen molar-refractivity contribution in [3.63, 3.8) is 0 Å². The molecule has 0 aromatic heterocycles. The first-order valence-corrected chi connectivity index (χ1v) is 13.0. The molecule has 0 unspecified atom stereocenters. The van der Waals surface area contributed by atoms with Crippen LogP contribution in [0.3, 0.4) is 0 Å². The average Bonchev–Trinajstić information content (AvgIpc) is 3.18. The van der Waals surface area contributed by atoms with Crippen molar-refractivity contribution >= 4 is 40.3 Å². The Morgan fingerprint density at radius 2 is 1.69 bits per heavy atom. The van der Waals surface area contributed by atoms with Crippen molar-refractivity contribution in [1.29, 1.82) is 0 Å². The fourth-order valence-electron chi connectivity index (χ4n) is 6.10. The van der Waals surface area contributed by atoms with E-state index in [1.54, 1.807) is 44.4 Å². The van der Waals surface area contributed by atoms with Crippen LogP contribution in [0, 0.1) is 5.41 Å². The van der Waals surface area contributed by atoms with Gasteiger partial charge < -0.3 is 14.5 Å². The summed E-state index contributed by atoms with van der Waals surface area (Å²) in [6, 6.07) is 18.1. The van der Waals surface area contributed by atoms with Crippen LogP contribution in [0.5, 0.6) is 5.75 Å². The van der Waals surface area contributed by atoms with Gasteiger partial charge in [0.25, 0.3) is 5.91 Å². The van der Waals surface area contributed by atoms with E-state index in [0.29, 0.717) is 41.6 Å². The first-order chi connectivity index (χ1) is 18.6. The molecule has 0 saturated carbocycles. The van der Waals surface area contributed by atoms with E-state index in [9.17, 15) is 18.0 Å². The van der Waals surface area contributed by atoms with Crippen molar-refractivity contribution in [1.82, 2.24) is 0 Å². The maximum Gasteiger partial charge on any atom is 0.416 e. The van der Waals surface area contributed by atoms with Crippen LogP contribution >= 0.6 is 11.6 Å². The van der Waals surface area contributed by atoms with Crippen molar-refractivity contribution in [2.24, 2.45) is 10.5 Å². The van der Waals surface area contributed by atoms with Crippen molar-refractivity contribution in [3.05, 3.63) is 82.9 Å². The highest BCUT2D eigenvalue weighted by Gasteiger charge is 2.60. The summed E-state index contributed by atoms with van der Waals surface area (Å²) in [6.07, 6.45) is -4.35. The van der Waals surface area contributed by atoms with Gasteiger partial charge in [-0.25, -0.2) is 0 Å². The van der Waals surface area contributed by atoms with E-state index in [0.717, 1.165) is 23.2 Å². The molecule has 0 bridgehead atoms. The molecule has 1 amide bonds. The first kappa shape index (κ1) is 25.6. The quantitative estimate of drug-likeness (QED) is 0.397. The Balaban J connectivity index is 1.45. The molecule has 3 heterocycles. The van der Waals surface area contributed by atoms with E-state index in [-0.39, 0.29) is 18.4 Å². The summed E-state index contributed by atoms with van der Waals surface area (Å²) in [5.41, 5.74) is 1.50. The molecule has 0 N–H and O–H groups in total. The van der Waals surface area contributed by atoms with E-state index in [2.05, 4.69) is 14.9 Å². The Labute approximate surface area is 229 Å². The Hall–Kier alpha value is -3.72. The summed E-state index contributed by atoms with van der Waals surface area (Å²) in [5.74, 6) is 0.491. The van der Waals surface area contributed by atoms with Crippen molar-refractivity contribution in [2.45, 2.75) is 25.6 Å². The smallest absolute Gasteiger partial charge is 0.416 e. The predicted octanol–water partition coefficient (Wildman–Crippen LogP) is 6.03. The maximum atomic E-state index is 14.3. The van der Waals surface area contributed by atoms with Gasteiger partial charge in [-0.3, -0.25) is 4.79 Å². The first-order valence-electron chi connectivity index (χ1n) is 12.6. The summed E-state index contributed by atoms with van der Waals surface area (Å²) in [7, 11) is 1.61. The second-order valence-electron chi connectivity index (χ2n) is 10.1. The SMILES string of the molecule is COc1ccc(N2CCN3c4ccc(C(F)(F)F)cc4C[C@]4(C(=O)N(c5ccc(Cl)cc5)N=C4C)[C@H]3C2)cc1. The molecule has 10 heteroatoms. The minimum atomic E-state index is -4.48. The molecule has 6 nitrogen and oxygen atoms in total. The summed E-state index contributed by atoms with van der Waals surface area (Å²) in [4.78, 5) is 18.7. The van der Waals surface area contributed by atoms with Crippen molar-refractivity contribution in [2.75, 3.05) is 41.6 Å². The summed E-state index contributed by atoms with van der Waals surface area (Å²) in [5, 5.41) is 6.57. The number of piperazine rings is 1. The minimum Gasteiger partial charge on any atom is -0.497 e. The lowest BCUT2D eigenvalue weighted by atomic mass is 9.67. The number of hydrogen-bond donors (Lipinski definition) is 0. The summed E-state index contributed by atoms with van der Waals surface area (Å²) >= 11 is 6.07. The lowest BCUT2D eigenvalue weighted by molar-refractivity contribution is -0.137. The molecular formula is C29H26ClF3N4O2. The van der Waals surface area contributed by atoms with E-state index in [1.807, 2.05) is 24.3 Å². The van der Waals surface area contributed by atoms with Gasteiger partial charge in [-0.1, -0.05) is 11.6 Å². The monoisotopic (exact) mass is 554 g/mol. The van der Waals surface area contributed by atoms with Gasteiger partial charge in [-0.05, 0) is 85.6 Å². The maximum absolute atomic E-state index is 14.3. The average molecular weight is 555 g/mol. The van der Waals surface area contributed by atoms with Gasteiger partial charge in [0.05, 0.1) is 30.1 Å². The third-order valence-electron chi connectivity index (χ3n) is 8.11. The molecule has 2 atom stereocenters. The molecular weight excluding hydrogens is 529 g/mol. The summed E-state index contributed by atoms with van der Waals surface area (Å²) in [6.45, 7) is 3.49. The zero-order valence-electron chi connectivity index (χ0n) is 21.4. The molecule has 202 valence electrons. The number of ether oxygens (including phenoxy) is 1. The number of benzene rings is 3. The highest BCUT2D eigenvalue weighted by Crippen LogP contribution is 2.49. The third kappa shape index (κ3) is 4.11. The molecule has 3 aliphatic rings. The molecule has 39 heavy (non-hydrogen) atoms. The molecule has 3 aromatic rings. The number of carbonyl (C=O) groups is 1. The third-order valence-corrected chi connectivity index (χ3v) is 8.37. The molecule has 0 radical (unpaired) electrons. The number of methoxy groups -OCH3 is 1. The number of amides is 1. The topological polar surface area (TPSA) is 48.4 Å². The van der Waals surface area contributed by atoms with Crippen LogP contribution in [0.25, 0.3) is 0 Å². The Morgan fingerprint density at radius 1 is 1.00 bits per heavy atom. The van der Waals surface area contributed by atoms with Crippen LogP contribution in [0.2, 0.25) is 5.02 Å². The number of anilines is 3. The van der Waals surface area contributed by atoms with Crippen LogP contribution in [-0.4, -0.2) is 44.4 Å². The summed E-state index contributed by atoms with van der Waals surface area (Å²) < 4.78 is 46.3. The van der Waals surface area contributed by atoms with E-state index in [1.165, 1.54) is 11.1 Å². The number of halogens is 4. The highest BCUT2D eigenvalue weighted by atomic mass is 35.5. The number of alkyl halides is 3. The zero-order valence-corrected chi connectivity index (χ0v) is 22.1. The molecule has 3 aromatic carbocycles. The van der Waals surface area contributed by atoms with E-state index in [4.69, 9.17) is 16.3 Å². The van der Waals surface area contributed by atoms with Crippen LogP contribution in [-0.2, 0) is 17.4 Å². The number of carbonyl (C=O) groups excluding carboxylic acids is 1. The van der Waals surface area contributed by atoms with Crippen LogP contribution in [0.15, 0.2) is 71.8 Å². The Kier molecular flexibility index (Phi) is 6.02. The standard InChI is InChI=1S/C29H26ClF3N4O2/c1-18-28(27(38)37(34-18)23-6-4-21(30)5-7-23)16-19-15-20(29(31,32)33)3-12-25(19)36-14-13-35(17-26(28)36)22-8-10-24(39-2)11-9-22/h3-12,15,26H,13-14,16-17H2,1-2H3/t26-,28-/m1/s1. The second kappa shape index (κ2) is 9.19. The van der Waals surface area contributed by atoms with Gasteiger partial charge in [0.15, 0.2) is 0 Å². The molecule has 6 rings (SSSR count). The minimum absolute atomic E-state index is 0.127. The fraction of sp³-hybridized carbons (Fsp3) is 0.310. The van der Waals surface area contributed by atoms with Crippen LogP contribution in [0.1, 0.15) is 18.1 Å². The number of hydrazone groups is 1. The predicted molar refractivity (Wildman–Crippen MR) is 146 cm³/mol. The molecule has 1 saturated heterocycles. The molecule has 0 aliphatic carbocycles. The Bertz CT molecular complexity index is 1460. The zero-order chi connectivity index (χ0) is 27.5. The molecule has 3 aliphatic heterocycles. The largest absolute Gasteiger partial charge is 0.497 e. The van der Waals surface area contributed by atoms with Crippen molar-refractivity contribution in [3.8, 4) is 5.75 Å². The highest BCUT2D eigenvalue weighted by molar-refractivity contribution is 6.30.